The normalized spacial score (nSPS) is 12.3. The third kappa shape index (κ3) is 3.47. The summed E-state index contributed by atoms with van der Waals surface area (Å²) in [7, 11) is 0. The van der Waals surface area contributed by atoms with Crippen LogP contribution in [0.15, 0.2) is 18.2 Å². The van der Waals surface area contributed by atoms with Crippen molar-refractivity contribution in [2.75, 3.05) is 5.43 Å². The molecule has 0 heterocycles. The molecular weight excluding hydrogens is 226 g/mol. The Labute approximate surface area is 109 Å². The Balaban J connectivity index is 2.92. The topological polar surface area (TPSA) is 67.2 Å². The van der Waals surface area contributed by atoms with Gasteiger partial charge in [0.05, 0.1) is 11.3 Å². The van der Waals surface area contributed by atoms with Crippen LogP contribution in [0.3, 0.4) is 0 Å². The lowest BCUT2D eigenvalue weighted by Crippen LogP contribution is -2.38. The number of rotatable bonds is 5. The lowest BCUT2D eigenvalue weighted by molar-refractivity contribution is 0.0925. The van der Waals surface area contributed by atoms with Crippen molar-refractivity contribution in [3.05, 3.63) is 29.3 Å². The smallest absolute Gasteiger partial charge is 0.253 e. The Kier molecular flexibility index (Phi) is 5.16. The van der Waals surface area contributed by atoms with E-state index in [4.69, 9.17) is 5.84 Å². The fraction of sp³-hybridized carbons (Fsp3) is 0.500. The highest BCUT2D eigenvalue weighted by Crippen LogP contribution is 2.17. The van der Waals surface area contributed by atoms with E-state index < -0.39 is 0 Å². The van der Waals surface area contributed by atoms with Gasteiger partial charge in [-0.25, -0.2) is 0 Å². The average molecular weight is 249 g/mol. The van der Waals surface area contributed by atoms with Crippen LogP contribution in [-0.4, -0.2) is 11.9 Å². The molecule has 4 N–H and O–H groups in total. The number of nitrogen functional groups attached to an aromatic ring is 1. The third-order valence-corrected chi connectivity index (χ3v) is 3.14. The first-order valence-corrected chi connectivity index (χ1v) is 6.37. The highest BCUT2D eigenvalue weighted by molar-refractivity contribution is 5.99. The summed E-state index contributed by atoms with van der Waals surface area (Å²) in [5.41, 5.74) is 4.85. The summed E-state index contributed by atoms with van der Waals surface area (Å²) in [5.74, 6) is 5.77. The molecule has 1 atom stereocenters. The lowest BCUT2D eigenvalue weighted by Gasteiger charge is -2.21. The number of benzene rings is 1. The van der Waals surface area contributed by atoms with Crippen LogP contribution in [0, 0.1) is 12.8 Å². The quantitative estimate of drug-likeness (QED) is 0.554. The van der Waals surface area contributed by atoms with Crippen molar-refractivity contribution in [1.82, 2.24) is 5.32 Å². The van der Waals surface area contributed by atoms with Gasteiger partial charge in [0, 0.05) is 6.04 Å². The molecule has 0 aliphatic rings. The van der Waals surface area contributed by atoms with Gasteiger partial charge in [-0.1, -0.05) is 32.4 Å². The average Bonchev–Trinajstić information content (AvgIpc) is 2.35. The summed E-state index contributed by atoms with van der Waals surface area (Å²) in [4.78, 5) is 12.2. The number of hydrogen-bond donors (Lipinski definition) is 3. The molecule has 4 heteroatoms. The molecule has 1 unspecified atom stereocenters. The molecule has 1 amide bonds. The molecule has 0 aliphatic heterocycles. The minimum Gasteiger partial charge on any atom is -0.349 e. The molecule has 0 spiro atoms. The maximum absolute atomic E-state index is 12.2. The van der Waals surface area contributed by atoms with Crippen molar-refractivity contribution in [1.29, 1.82) is 0 Å². The summed E-state index contributed by atoms with van der Waals surface area (Å²) >= 11 is 0. The van der Waals surface area contributed by atoms with Crippen LogP contribution in [0.2, 0.25) is 0 Å². The van der Waals surface area contributed by atoms with E-state index in [1.54, 1.807) is 0 Å². The minimum absolute atomic E-state index is 0.0767. The first kappa shape index (κ1) is 14.5. The van der Waals surface area contributed by atoms with Gasteiger partial charge < -0.3 is 10.7 Å². The number of nitrogens with one attached hydrogen (secondary N) is 2. The first-order valence-electron chi connectivity index (χ1n) is 6.37. The van der Waals surface area contributed by atoms with Gasteiger partial charge in [0.2, 0.25) is 0 Å². The van der Waals surface area contributed by atoms with E-state index in [1.807, 2.05) is 25.1 Å². The van der Waals surface area contributed by atoms with Crippen LogP contribution < -0.4 is 16.6 Å². The number of carbonyl (C=O) groups excluding carboxylic acids is 1. The number of aryl methyl sites for hydroxylation is 1. The van der Waals surface area contributed by atoms with Gasteiger partial charge in [0.25, 0.3) is 5.91 Å². The predicted octanol–water partition coefficient (Wildman–Crippen LogP) is 2.45. The van der Waals surface area contributed by atoms with Gasteiger partial charge >= 0.3 is 0 Å². The second-order valence-electron chi connectivity index (χ2n) is 4.93. The van der Waals surface area contributed by atoms with Crippen LogP contribution in [0.5, 0.6) is 0 Å². The first-order chi connectivity index (χ1) is 8.49. The molecule has 0 fully saturated rings. The maximum atomic E-state index is 12.2. The Hall–Kier alpha value is -1.55. The molecule has 1 rings (SSSR count). The zero-order valence-corrected chi connectivity index (χ0v) is 11.6. The predicted molar refractivity (Wildman–Crippen MR) is 75.4 cm³/mol. The van der Waals surface area contributed by atoms with E-state index in [2.05, 4.69) is 31.5 Å². The standard InChI is InChI=1S/C14H23N3O/c1-5-12(9(2)3)16-14(18)11-8-10(4)6-7-13(11)17-15/h6-9,12,17H,5,15H2,1-4H3,(H,16,18). The Morgan fingerprint density at radius 2 is 2.06 bits per heavy atom. The van der Waals surface area contributed by atoms with Crippen molar-refractivity contribution in [3.63, 3.8) is 0 Å². The monoisotopic (exact) mass is 249 g/mol. The number of hydrazine groups is 1. The minimum atomic E-state index is -0.0767. The summed E-state index contributed by atoms with van der Waals surface area (Å²) in [6, 6.07) is 5.77. The van der Waals surface area contributed by atoms with E-state index in [9.17, 15) is 4.79 Å². The summed E-state index contributed by atoms with van der Waals surface area (Å²) in [6.45, 7) is 8.24. The molecule has 0 saturated heterocycles. The van der Waals surface area contributed by atoms with Crippen LogP contribution in [0.4, 0.5) is 5.69 Å². The van der Waals surface area contributed by atoms with Crippen molar-refractivity contribution in [2.45, 2.75) is 40.2 Å². The van der Waals surface area contributed by atoms with Gasteiger partial charge in [-0.15, -0.1) is 0 Å². The molecule has 18 heavy (non-hydrogen) atoms. The Morgan fingerprint density at radius 1 is 1.39 bits per heavy atom. The van der Waals surface area contributed by atoms with Gasteiger partial charge in [-0.05, 0) is 31.4 Å². The Bertz CT molecular complexity index is 416. The number of carbonyl (C=O) groups is 1. The molecule has 1 aromatic carbocycles. The second kappa shape index (κ2) is 6.40. The molecule has 100 valence electrons. The van der Waals surface area contributed by atoms with Crippen LogP contribution in [0.25, 0.3) is 0 Å². The molecule has 4 nitrogen and oxygen atoms in total. The van der Waals surface area contributed by atoms with Gasteiger partial charge in [0.15, 0.2) is 0 Å². The SMILES string of the molecule is CCC(NC(=O)c1cc(C)ccc1NN)C(C)C. The van der Waals surface area contributed by atoms with Crippen LogP contribution in [-0.2, 0) is 0 Å². The van der Waals surface area contributed by atoms with Crippen molar-refractivity contribution in [2.24, 2.45) is 11.8 Å². The van der Waals surface area contributed by atoms with Gasteiger partial charge in [-0.2, -0.15) is 0 Å². The van der Waals surface area contributed by atoms with E-state index in [-0.39, 0.29) is 11.9 Å². The van der Waals surface area contributed by atoms with Crippen molar-refractivity contribution in [3.8, 4) is 0 Å². The second-order valence-corrected chi connectivity index (χ2v) is 4.93. The van der Waals surface area contributed by atoms with E-state index in [1.165, 1.54) is 0 Å². The van der Waals surface area contributed by atoms with E-state index in [0.29, 0.717) is 17.2 Å². The number of hydrogen-bond acceptors (Lipinski definition) is 3. The molecule has 0 bridgehead atoms. The molecule has 0 aliphatic carbocycles. The van der Waals surface area contributed by atoms with Gasteiger partial charge in [0.1, 0.15) is 0 Å². The lowest BCUT2D eigenvalue weighted by atomic mass is 10.0. The van der Waals surface area contributed by atoms with Crippen molar-refractivity contribution >= 4 is 11.6 Å². The largest absolute Gasteiger partial charge is 0.349 e. The highest BCUT2D eigenvalue weighted by Gasteiger charge is 2.17. The summed E-state index contributed by atoms with van der Waals surface area (Å²) in [5, 5.41) is 3.05. The molecular formula is C14H23N3O. The fourth-order valence-corrected chi connectivity index (χ4v) is 1.96. The number of amides is 1. The fourth-order valence-electron chi connectivity index (χ4n) is 1.96. The Morgan fingerprint density at radius 3 is 2.56 bits per heavy atom. The zero-order valence-electron chi connectivity index (χ0n) is 11.6. The maximum Gasteiger partial charge on any atom is 0.253 e. The number of anilines is 1. The van der Waals surface area contributed by atoms with Crippen LogP contribution >= 0.6 is 0 Å². The molecule has 0 saturated carbocycles. The molecule has 1 aromatic rings. The zero-order chi connectivity index (χ0) is 13.7. The van der Waals surface area contributed by atoms with E-state index >= 15 is 0 Å². The van der Waals surface area contributed by atoms with E-state index in [0.717, 1.165) is 12.0 Å². The highest BCUT2D eigenvalue weighted by atomic mass is 16.1. The third-order valence-electron chi connectivity index (χ3n) is 3.14. The molecule has 0 radical (unpaired) electrons. The van der Waals surface area contributed by atoms with Crippen LogP contribution in [0.1, 0.15) is 43.1 Å². The molecule has 0 aromatic heterocycles. The summed E-state index contributed by atoms with van der Waals surface area (Å²) < 4.78 is 0. The van der Waals surface area contributed by atoms with Gasteiger partial charge in [-0.3, -0.25) is 10.6 Å². The van der Waals surface area contributed by atoms with Crippen molar-refractivity contribution < 1.29 is 4.79 Å². The number of nitrogens with two attached hydrogens (primary N) is 1. The summed E-state index contributed by atoms with van der Waals surface area (Å²) in [6.07, 6.45) is 0.917.